The van der Waals surface area contributed by atoms with E-state index in [2.05, 4.69) is 10.2 Å². The standard InChI is InChI=1S/C15H30N2O2/c18-9-8-17(11-14-6-3-7-16-14)12-15(19)10-13-4-1-2-5-13/h13-16,18-19H,1-12H2. The van der Waals surface area contributed by atoms with E-state index >= 15 is 0 Å². The van der Waals surface area contributed by atoms with Crippen molar-refractivity contribution in [1.82, 2.24) is 10.2 Å². The zero-order valence-corrected chi connectivity index (χ0v) is 12.1. The van der Waals surface area contributed by atoms with Gasteiger partial charge in [-0.05, 0) is 31.7 Å². The highest BCUT2D eigenvalue weighted by atomic mass is 16.3. The van der Waals surface area contributed by atoms with Crippen LogP contribution < -0.4 is 5.32 Å². The van der Waals surface area contributed by atoms with Crippen LogP contribution in [-0.2, 0) is 0 Å². The van der Waals surface area contributed by atoms with Gasteiger partial charge in [-0.3, -0.25) is 4.90 Å². The van der Waals surface area contributed by atoms with E-state index in [1.807, 2.05) is 0 Å². The second-order valence-corrected chi connectivity index (χ2v) is 6.32. The van der Waals surface area contributed by atoms with Crippen molar-refractivity contribution in [3.05, 3.63) is 0 Å². The van der Waals surface area contributed by atoms with Crippen LogP contribution >= 0.6 is 0 Å². The van der Waals surface area contributed by atoms with Crippen molar-refractivity contribution in [1.29, 1.82) is 0 Å². The molecule has 4 nitrogen and oxygen atoms in total. The molecule has 2 atom stereocenters. The molecule has 0 radical (unpaired) electrons. The number of aliphatic hydroxyl groups is 2. The molecule has 0 aromatic rings. The third-order valence-corrected chi connectivity index (χ3v) is 4.61. The zero-order chi connectivity index (χ0) is 13.5. The second-order valence-electron chi connectivity index (χ2n) is 6.32. The van der Waals surface area contributed by atoms with Gasteiger partial charge in [0.25, 0.3) is 0 Å². The van der Waals surface area contributed by atoms with E-state index in [1.165, 1.54) is 38.5 Å². The van der Waals surface area contributed by atoms with E-state index in [9.17, 15) is 5.11 Å². The summed E-state index contributed by atoms with van der Waals surface area (Å²) >= 11 is 0. The van der Waals surface area contributed by atoms with Gasteiger partial charge in [0.15, 0.2) is 0 Å². The van der Waals surface area contributed by atoms with E-state index in [4.69, 9.17) is 5.11 Å². The Morgan fingerprint density at radius 1 is 1.16 bits per heavy atom. The van der Waals surface area contributed by atoms with E-state index in [0.717, 1.165) is 32.0 Å². The average Bonchev–Trinajstić information content (AvgIpc) is 3.02. The molecular weight excluding hydrogens is 240 g/mol. The summed E-state index contributed by atoms with van der Waals surface area (Å²) < 4.78 is 0. The van der Waals surface area contributed by atoms with Crippen LogP contribution in [0.1, 0.15) is 44.9 Å². The maximum Gasteiger partial charge on any atom is 0.0669 e. The summed E-state index contributed by atoms with van der Waals surface area (Å²) in [6.07, 6.45) is 8.45. The Bertz CT molecular complexity index is 238. The van der Waals surface area contributed by atoms with Gasteiger partial charge in [0.2, 0.25) is 0 Å². The molecule has 1 saturated heterocycles. The van der Waals surface area contributed by atoms with Crippen LogP contribution in [0.5, 0.6) is 0 Å². The molecular formula is C15H30N2O2. The number of rotatable bonds is 8. The SMILES string of the molecule is OCCN(CC(O)CC1CCCC1)CC1CCCN1. The Balaban J connectivity index is 1.70. The quantitative estimate of drug-likeness (QED) is 0.615. The van der Waals surface area contributed by atoms with E-state index in [1.54, 1.807) is 0 Å². The number of nitrogens with zero attached hydrogens (tertiary/aromatic N) is 1. The van der Waals surface area contributed by atoms with Crippen LogP contribution in [0.15, 0.2) is 0 Å². The van der Waals surface area contributed by atoms with Crippen molar-refractivity contribution < 1.29 is 10.2 Å². The zero-order valence-electron chi connectivity index (χ0n) is 12.1. The van der Waals surface area contributed by atoms with Crippen LogP contribution in [0, 0.1) is 5.92 Å². The normalized spacial score (nSPS) is 26.4. The molecule has 2 aliphatic rings. The third-order valence-electron chi connectivity index (χ3n) is 4.61. The van der Waals surface area contributed by atoms with Gasteiger partial charge in [-0.25, -0.2) is 0 Å². The maximum absolute atomic E-state index is 10.2. The Morgan fingerprint density at radius 2 is 1.95 bits per heavy atom. The van der Waals surface area contributed by atoms with Crippen LogP contribution in [0.25, 0.3) is 0 Å². The lowest BCUT2D eigenvalue weighted by molar-refractivity contribution is 0.0779. The molecule has 1 saturated carbocycles. The fraction of sp³-hybridized carbons (Fsp3) is 1.00. The van der Waals surface area contributed by atoms with Crippen LogP contribution in [0.2, 0.25) is 0 Å². The molecule has 2 fully saturated rings. The molecule has 0 amide bonds. The smallest absolute Gasteiger partial charge is 0.0669 e. The van der Waals surface area contributed by atoms with Gasteiger partial charge < -0.3 is 15.5 Å². The number of nitrogens with one attached hydrogen (secondary N) is 1. The molecule has 0 bridgehead atoms. The molecule has 4 heteroatoms. The largest absolute Gasteiger partial charge is 0.395 e. The van der Waals surface area contributed by atoms with Crippen molar-refractivity contribution in [2.45, 2.75) is 57.1 Å². The summed E-state index contributed by atoms with van der Waals surface area (Å²) in [5.74, 6) is 0.732. The Morgan fingerprint density at radius 3 is 2.58 bits per heavy atom. The minimum absolute atomic E-state index is 0.183. The Hall–Kier alpha value is -0.160. The van der Waals surface area contributed by atoms with Crippen molar-refractivity contribution in [2.24, 2.45) is 5.92 Å². The fourth-order valence-corrected chi connectivity index (χ4v) is 3.63. The van der Waals surface area contributed by atoms with Crippen molar-refractivity contribution in [3.63, 3.8) is 0 Å². The Kier molecular flexibility index (Phi) is 6.57. The average molecular weight is 270 g/mol. The predicted molar refractivity (Wildman–Crippen MR) is 77.1 cm³/mol. The first-order chi connectivity index (χ1) is 9.28. The summed E-state index contributed by atoms with van der Waals surface area (Å²) in [6, 6.07) is 0.547. The van der Waals surface area contributed by atoms with Crippen molar-refractivity contribution in [3.8, 4) is 0 Å². The highest BCUT2D eigenvalue weighted by molar-refractivity contribution is 4.80. The van der Waals surface area contributed by atoms with Gasteiger partial charge >= 0.3 is 0 Å². The van der Waals surface area contributed by atoms with E-state index < -0.39 is 0 Å². The topological polar surface area (TPSA) is 55.7 Å². The van der Waals surface area contributed by atoms with Gasteiger partial charge in [0, 0.05) is 25.7 Å². The first-order valence-electron chi connectivity index (χ1n) is 8.02. The molecule has 0 aromatic carbocycles. The van der Waals surface area contributed by atoms with Gasteiger partial charge in [0.05, 0.1) is 12.7 Å². The van der Waals surface area contributed by atoms with Gasteiger partial charge in [-0.2, -0.15) is 0 Å². The molecule has 2 unspecified atom stereocenters. The van der Waals surface area contributed by atoms with Gasteiger partial charge in [-0.15, -0.1) is 0 Å². The molecule has 1 aliphatic heterocycles. The Labute approximate surface area is 117 Å². The van der Waals surface area contributed by atoms with Gasteiger partial charge in [-0.1, -0.05) is 25.7 Å². The van der Waals surface area contributed by atoms with Crippen LogP contribution in [0.3, 0.4) is 0 Å². The lowest BCUT2D eigenvalue weighted by Gasteiger charge is -2.28. The summed E-state index contributed by atoms with van der Waals surface area (Å²) in [6.45, 7) is 3.66. The third kappa shape index (κ3) is 5.38. The van der Waals surface area contributed by atoms with Crippen LogP contribution in [-0.4, -0.2) is 60.0 Å². The molecule has 1 heterocycles. The van der Waals surface area contributed by atoms with E-state index in [0.29, 0.717) is 12.6 Å². The molecule has 112 valence electrons. The molecule has 0 aromatic heterocycles. The predicted octanol–water partition coefficient (Wildman–Crippen LogP) is 0.974. The van der Waals surface area contributed by atoms with Crippen molar-refractivity contribution >= 4 is 0 Å². The molecule has 19 heavy (non-hydrogen) atoms. The first-order valence-corrected chi connectivity index (χ1v) is 8.02. The second kappa shape index (κ2) is 8.20. The highest BCUT2D eigenvalue weighted by Gasteiger charge is 2.22. The van der Waals surface area contributed by atoms with Crippen LogP contribution in [0.4, 0.5) is 0 Å². The minimum Gasteiger partial charge on any atom is -0.395 e. The minimum atomic E-state index is -0.226. The lowest BCUT2D eigenvalue weighted by Crippen LogP contribution is -2.42. The maximum atomic E-state index is 10.2. The molecule has 3 N–H and O–H groups in total. The summed E-state index contributed by atoms with van der Waals surface area (Å²) in [4.78, 5) is 2.22. The molecule has 2 rings (SSSR count). The summed E-state index contributed by atoms with van der Waals surface area (Å²) in [5.41, 5.74) is 0. The number of hydrogen-bond acceptors (Lipinski definition) is 4. The fourth-order valence-electron chi connectivity index (χ4n) is 3.63. The highest BCUT2D eigenvalue weighted by Crippen LogP contribution is 2.28. The molecule has 1 aliphatic carbocycles. The number of aliphatic hydroxyl groups excluding tert-OH is 2. The lowest BCUT2D eigenvalue weighted by atomic mass is 9.99. The van der Waals surface area contributed by atoms with Gasteiger partial charge in [0.1, 0.15) is 0 Å². The molecule has 0 spiro atoms. The number of hydrogen-bond donors (Lipinski definition) is 3. The first kappa shape index (κ1) is 15.2. The summed E-state index contributed by atoms with van der Waals surface area (Å²) in [5, 5.41) is 22.9. The summed E-state index contributed by atoms with van der Waals surface area (Å²) in [7, 11) is 0. The van der Waals surface area contributed by atoms with Crippen molar-refractivity contribution in [2.75, 3.05) is 32.8 Å². The monoisotopic (exact) mass is 270 g/mol. The van der Waals surface area contributed by atoms with E-state index in [-0.39, 0.29) is 12.7 Å².